The van der Waals surface area contributed by atoms with Crippen molar-refractivity contribution in [1.82, 2.24) is 4.90 Å². The number of aliphatic hydroxyl groups is 1. The Morgan fingerprint density at radius 2 is 2.15 bits per heavy atom. The summed E-state index contributed by atoms with van der Waals surface area (Å²) in [7, 11) is 1.54. The van der Waals surface area contributed by atoms with Gasteiger partial charge in [-0.3, -0.25) is 4.90 Å². The van der Waals surface area contributed by atoms with Crippen molar-refractivity contribution >= 4 is 22.0 Å². The number of hydrogen-bond acceptors (Lipinski definition) is 4. The minimum atomic E-state index is -0.574. The topological polar surface area (TPSA) is 59.0 Å². The first-order chi connectivity index (χ1) is 9.61. The molecular formula is C14H18BrNO4. The van der Waals surface area contributed by atoms with E-state index in [4.69, 9.17) is 9.47 Å². The average Bonchev–Trinajstić information content (AvgIpc) is 2.45. The minimum absolute atomic E-state index is 0.111. The molecule has 1 N–H and O–H groups in total. The van der Waals surface area contributed by atoms with Gasteiger partial charge in [0.05, 0.1) is 17.5 Å². The number of likely N-dealkylation sites (tertiary alicyclic amines) is 1. The summed E-state index contributed by atoms with van der Waals surface area (Å²) in [5, 5.41) is 9.76. The van der Waals surface area contributed by atoms with Crippen molar-refractivity contribution in [3.8, 4) is 0 Å². The molecule has 1 aliphatic rings. The van der Waals surface area contributed by atoms with Crippen molar-refractivity contribution in [2.75, 3.05) is 13.7 Å². The average molecular weight is 344 g/mol. The Morgan fingerprint density at radius 3 is 2.80 bits per heavy atom. The third-order valence-electron chi connectivity index (χ3n) is 3.20. The standard InChI is InChI=1S/C14H18BrNO4/c1-19-13-12(15)7-11(17)8-16(13)14(18)20-9-10-5-3-2-4-6-10/h2-6,11-13,17H,7-9H2,1H3/t11-,12?,13?/m1/s1. The number of halogens is 1. The Bertz CT molecular complexity index is 442. The Kier molecular flexibility index (Phi) is 5.39. The maximum atomic E-state index is 12.1. The van der Waals surface area contributed by atoms with Crippen molar-refractivity contribution in [2.45, 2.75) is 30.2 Å². The SMILES string of the molecule is COC1C(Br)C[C@@H](O)CN1C(=O)OCc1ccccc1. The lowest BCUT2D eigenvalue weighted by Crippen LogP contribution is -2.54. The number of benzene rings is 1. The van der Waals surface area contributed by atoms with Crippen LogP contribution >= 0.6 is 15.9 Å². The zero-order valence-corrected chi connectivity index (χ0v) is 12.8. The van der Waals surface area contributed by atoms with E-state index in [-0.39, 0.29) is 18.0 Å². The highest BCUT2D eigenvalue weighted by molar-refractivity contribution is 9.09. The Labute approximate surface area is 126 Å². The molecule has 0 bridgehead atoms. The number of carbonyl (C=O) groups is 1. The third kappa shape index (κ3) is 3.71. The summed E-state index contributed by atoms with van der Waals surface area (Å²) in [6.07, 6.45) is -0.943. The van der Waals surface area contributed by atoms with Crippen molar-refractivity contribution < 1.29 is 19.4 Å². The number of alkyl halides is 1. The molecule has 0 spiro atoms. The normalized spacial score (nSPS) is 26.4. The molecule has 0 saturated carbocycles. The fourth-order valence-electron chi connectivity index (χ4n) is 2.23. The van der Waals surface area contributed by atoms with Crippen LogP contribution < -0.4 is 0 Å². The predicted molar refractivity (Wildman–Crippen MR) is 77.5 cm³/mol. The highest BCUT2D eigenvalue weighted by atomic mass is 79.9. The van der Waals surface area contributed by atoms with E-state index >= 15 is 0 Å². The van der Waals surface area contributed by atoms with Crippen molar-refractivity contribution in [3.63, 3.8) is 0 Å². The predicted octanol–water partition coefficient (Wildman–Crippen LogP) is 2.13. The third-order valence-corrected chi connectivity index (χ3v) is 4.03. The Balaban J connectivity index is 1.96. The Morgan fingerprint density at radius 1 is 1.45 bits per heavy atom. The van der Waals surface area contributed by atoms with E-state index < -0.39 is 18.4 Å². The number of nitrogens with zero attached hydrogens (tertiary/aromatic N) is 1. The van der Waals surface area contributed by atoms with Gasteiger partial charge < -0.3 is 14.6 Å². The summed E-state index contributed by atoms with van der Waals surface area (Å²) < 4.78 is 10.6. The molecule has 1 amide bonds. The number of aliphatic hydroxyl groups excluding tert-OH is 1. The molecule has 20 heavy (non-hydrogen) atoms. The second-order valence-corrected chi connectivity index (χ2v) is 5.90. The van der Waals surface area contributed by atoms with Gasteiger partial charge in [0.1, 0.15) is 12.8 Å². The van der Waals surface area contributed by atoms with Crippen LogP contribution in [-0.2, 0) is 16.1 Å². The molecule has 1 fully saturated rings. The largest absolute Gasteiger partial charge is 0.444 e. The second-order valence-electron chi connectivity index (χ2n) is 4.72. The monoisotopic (exact) mass is 343 g/mol. The zero-order chi connectivity index (χ0) is 14.5. The van der Waals surface area contributed by atoms with Gasteiger partial charge in [0.15, 0.2) is 0 Å². The molecular weight excluding hydrogens is 326 g/mol. The van der Waals surface area contributed by atoms with E-state index in [9.17, 15) is 9.90 Å². The van der Waals surface area contributed by atoms with Crippen LogP contribution in [0.3, 0.4) is 0 Å². The minimum Gasteiger partial charge on any atom is -0.444 e. The van der Waals surface area contributed by atoms with Crippen LogP contribution in [0.5, 0.6) is 0 Å². The van der Waals surface area contributed by atoms with Gasteiger partial charge in [-0.2, -0.15) is 0 Å². The fraction of sp³-hybridized carbons (Fsp3) is 0.500. The van der Waals surface area contributed by atoms with Gasteiger partial charge in [-0.15, -0.1) is 0 Å². The summed E-state index contributed by atoms with van der Waals surface area (Å²) in [6, 6.07) is 9.46. The van der Waals surface area contributed by atoms with Crippen LogP contribution in [0.1, 0.15) is 12.0 Å². The molecule has 0 aliphatic carbocycles. The summed E-state index contributed by atoms with van der Waals surface area (Å²) >= 11 is 3.43. The number of β-amino-alcohol motifs (C(OH)–C–C–N with tert-alkyl or cyclic N) is 1. The highest BCUT2D eigenvalue weighted by Crippen LogP contribution is 2.25. The Hall–Kier alpha value is -1.11. The molecule has 1 saturated heterocycles. The van der Waals surface area contributed by atoms with E-state index in [1.165, 1.54) is 12.0 Å². The van der Waals surface area contributed by atoms with E-state index in [1.54, 1.807) is 0 Å². The first-order valence-electron chi connectivity index (χ1n) is 6.44. The fourth-order valence-corrected chi connectivity index (χ4v) is 3.17. The van der Waals surface area contributed by atoms with Gasteiger partial charge in [0.25, 0.3) is 0 Å². The quantitative estimate of drug-likeness (QED) is 0.854. The molecule has 1 heterocycles. The van der Waals surface area contributed by atoms with Gasteiger partial charge in [0.2, 0.25) is 0 Å². The lowest BCUT2D eigenvalue weighted by Gasteiger charge is -2.39. The van der Waals surface area contributed by atoms with E-state index in [0.717, 1.165) is 5.56 Å². The number of hydrogen-bond donors (Lipinski definition) is 1. The summed E-state index contributed by atoms with van der Waals surface area (Å²) in [5.41, 5.74) is 0.919. The van der Waals surface area contributed by atoms with Crippen molar-refractivity contribution in [1.29, 1.82) is 0 Å². The number of methoxy groups -OCH3 is 1. The van der Waals surface area contributed by atoms with Crippen LogP contribution in [0.4, 0.5) is 4.79 Å². The smallest absolute Gasteiger partial charge is 0.412 e. The van der Waals surface area contributed by atoms with E-state index in [0.29, 0.717) is 6.42 Å². The van der Waals surface area contributed by atoms with Gasteiger partial charge in [-0.05, 0) is 12.0 Å². The lowest BCUT2D eigenvalue weighted by atomic mass is 10.1. The van der Waals surface area contributed by atoms with Crippen LogP contribution in [0, 0.1) is 0 Å². The van der Waals surface area contributed by atoms with Crippen LogP contribution in [0.25, 0.3) is 0 Å². The molecule has 0 radical (unpaired) electrons. The van der Waals surface area contributed by atoms with Gasteiger partial charge in [0, 0.05) is 7.11 Å². The molecule has 5 nitrogen and oxygen atoms in total. The second kappa shape index (κ2) is 7.06. The summed E-state index contributed by atoms with van der Waals surface area (Å²) in [6.45, 7) is 0.421. The van der Waals surface area contributed by atoms with Crippen LogP contribution in [-0.4, -0.2) is 46.9 Å². The lowest BCUT2D eigenvalue weighted by molar-refractivity contribution is -0.0737. The molecule has 2 rings (SSSR count). The number of ether oxygens (including phenoxy) is 2. The highest BCUT2D eigenvalue weighted by Gasteiger charge is 2.37. The maximum Gasteiger partial charge on any atom is 0.412 e. The first kappa shape index (κ1) is 15.3. The molecule has 3 atom stereocenters. The molecule has 2 unspecified atom stereocenters. The summed E-state index contributed by atoms with van der Waals surface area (Å²) in [4.78, 5) is 13.4. The summed E-state index contributed by atoms with van der Waals surface area (Å²) in [5.74, 6) is 0. The van der Waals surface area contributed by atoms with Crippen molar-refractivity contribution in [3.05, 3.63) is 35.9 Å². The molecule has 1 aromatic rings. The van der Waals surface area contributed by atoms with Gasteiger partial charge in [-0.25, -0.2) is 4.79 Å². The van der Waals surface area contributed by atoms with Gasteiger partial charge >= 0.3 is 6.09 Å². The number of carbonyl (C=O) groups excluding carboxylic acids is 1. The van der Waals surface area contributed by atoms with Crippen LogP contribution in [0.15, 0.2) is 30.3 Å². The molecule has 110 valence electrons. The zero-order valence-electron chi connectivity index (χ0n) is 11.2. The van der Waals surface area contributed by atoms with E-state index in [1.807, 2.05) is 30.3 Å². The van der Waals surface area contributed by atoms with E-state index in [2.05, 4.69) is 15.9 Å². The number of amides is 1. The maximum absolute atomic E-state index is 12.1. The molecule has 0 aromatic heterocycles. The molecule has 1 aromatic carbocycles. The van der Waals surface area contributed by atoms with Crippen LogP contribution in [0.2, 0.25) is 0 Å². The molecule has 1 aliphatic heterocycles. The first-order valence-corrected chi connectivity index (χ1v) is 7.35. The number of piperidine rings is 1. The van der Waals surface area contributed by atoms with Crippen molar-refractivity contribution in [2.24, 2.45) is 0 Å². The molecule has 6 heteroatoms. The van der Waals surface area contributed by atoms with Gasteiger partial charge in [-0.1, -0.05) is 46.3 Å². The number of rotatable bonds is 3.